The van der Waals surface area contributed by atoms with Gasteiger partial charge < -0.3 is 4.90 Å². The molecule has 0 spiro atoms. The average Bonchev–Trinajstić information content (AvgIpc) is 2.51. The largest absolute Gasteiger partial charge is 0.303 e. The van der Waals surface area contributed by atoms with E-state index in [0.717, 1.165) is 50.7 Å². The SMILES string of the molecule is CCCNC(C#N)(CC)CCCN(C)C1CCCCC1C. The van der Waals surface area contributed by atoms with Crippen molar-refractivity contribution in [2.24, 2.45) is 5.92 Å². The first-order chi connectivity index (χ1) is 10.1. The molecule has 0 amide bonds. The maximum absolute atomic E-state index is 9.53. The first-order valence-electron chi connectivity index (χ1n) is 8.95. The van der Waals surface area contributed by atoms with Gasteiger partial charge in [0, 0.05) is 6.04 Å². The van der Waals surface area contributed by atoms with Crippen LogP contribution in [-0.2, 0) is 0 Å². The van der Waals surface area contributed by atoms with Gasteiger partial charge in [0.1, 0.15) is 5.54 Å². The van der Waals surface area contributed by atoms with Crippen molar-refractivity contribution in [3.8, 4) is 6.07 Å². The molecule has 0 radical (unpaired) electrons. The molecular formula is C18H35N3. The minimum atomic E-state index is -0.310. The molecular weight excluding hydrogens is 258 g/mol. The minimum Gasteiger partial charge on any atom is -0.303 e. The van der Waals surface area contributed by atoms with E-state index in [0.29, 0.717) is 0 Å². The number of nitriles is 1. The zero-order chi connectivity index (χ0) is 15.7. The van der Waals surface area contributed by atoms with E-state index in [9.17, 15) is 5.26 Å². The third kappa shape index (κ3) is 5.60. The third-order valence-electron chi connectivity index (χ3n) is 5.28. The summed E-state index contributed by atoms with van der Waals surface area (Å²) in [6, 6.07) is 3.28. The van der Waals surface area contributed by atoms with Gasteiger partial charge in [0.2, 0.25) is 0 Å². The van der Waals surface area contributed by atoms with Crippen LogP contribution in [-0.4, -0.2) is 36.6 Å². The fraction of sp³-hybridized carbons (Fsp3) is 0.944. The highest BCUT2D eigenvalue weighted by molar-refractivity contribution is 5.06. The van der Waals surface area contributed by atoms with E-state index in [2.05, 4.69) is 44.1 Å². The van der Waals surface area contributed by atoms with Gasteiger partial charge in [-0.25, -0.2) is 0 Å². The molecule has 3 unspecified atom stereocenters. The van der Waals surface area contributed by atoms with Gasteiger partial charge in [0.05, 0.1) is 6.07 Å². The quantitative estimate of drug-likeness (QED) is 0.699. The lowest BCUT2D eigenvalue weighted by molar-refractivity contribution is 0.135. The molecule has 1 aliphatic rings. The zero-order valence-electron chi connectivity index (χ0n) is 14.6. The molecule has 1 saturated carbocycles. The minimum absolute atomic E-state index is 0.310. The Morgan fingerprint density at radius 1 is 1.29 bits per heavy atom. The summed E-state index contributed by atoms with van der Waals surface area (Å²) in [5.41, 5.74) is -0.310. The number of hydrogen-bond acceptors (Lipinski definition) is 3. The van der Waals surface area contributed by atoms with E-state index in [1.165, 1.54) is 25.7 Å². The zero-order valence-corrected chi connectivity index (χ0v) is 14.6. The lowest BCUT2D eigenvalue weighted by Gasteiger charge is -2.37. The normalized spacial score (nSPS) is 25.5. The molecule has 0 bridgehead atoms. The maximum Gasteiger partial charge on any atom is 0.106 e. The van der Waals surface area contributed by atoms with Crippen molar-refractivity contribution in [1.29, 1.82) is 5.26 Å². The van der Waals surface area contributed by atoms with E-state index in [-0.39, 0.29) is 5.54 Å². The Balaban J connectivity index is 2.40. The summed E-state index contributed by atoms with van der Waals surface area (Å²) in [6.45, 7) is 8.74. The Bertz CT molecular complexity index is 323. The van der Waals surface area contributed by atoms with Crippen LogP contribution in [0.1, 0.15) is 72.1 Å². The fourth-order valence-electron chi connectivity index (χ4n) is 3.68. The summed E-state index contributed by atoms with van der Waals surface area (Å²) < 4.78 is 0. The van der Waals surface area contributed by atoms with Gasteiger partial charge in [0.25, 0.3) is 0 Å². The van der Waals surface area contributed by atoms with Crippen molar-refractivity contribution >= 4 is 0 Å². The van der Waals surface area contributed by atoms with Crippen molar-refractivity contribution < 1.29 is 0 Å². The van der Waals surface area contributed by atoms with Crippen molar-refractivity contribution in [3.05, 3.63) is 0 Å². The number of nitrogens with one attached hydrogen (secondary N) is 1. The second-order valence-electron chi connectivity index (χ2n) is 6.89. The van der Waals surface area contributed by atoms with Gasteiger partial charge in [-0.15, -0.1) is 0 Å². The fourth-order valence-corrected chi connectivity index (χ4v) is 3.68. The van der Waals surface area contributed by atoms with Crippen molar-refractivity contribution in [3.63, 3.8) is 0 Å². The van der Waals surface area contributed by atoms with Crippen molar-refractivity contribution in [2.45, 2.75) is 83.7 Å². The summed E-state index contributed by atoms with van der Waals surface area (Å²) in [5, 5.41) is 13.0. The molecule has 0 saturated heterocycles. The van der Waals surface area contributed by atoms with E-state index < -0.39 is 0 Å². The molecule has 1 N–H and O–H groups in total. The lowest BCUT2D eigenvalue weighted by Crippen LogP contribution is -2.45. The molecule has 0 aromatic heterocycles. The van der Waals surface area contributed by atoms with E-state index in [4.69, 9.17) is 0 Å². The molecule has 3 atom stereocenters. The van der Waals surface area contributed by atoms with Crippen molar-refractivity contribution in [2.75, 3.05) is 20.1 Å². The predicted molar refractivity (Wildman–Crippen MR) is 90.2 cm³/mol. The van der Waals surface area contributed by atoms with Crippen LogP contribution < -0.4 is 5.32 Å². The van der Waals surface area contributed by atoms with Crippen LogP contribution in [0.5, 0.6) is 0 Å². The van der Waals surface area contributed by atoms with Gasteiger partial charge in [-0.3, -0.25) is 5.32 Å². The van der Waals surface area contributed by atoms with Crippen LogP contribution in [0, 0.1) is 17.2 Å². The number of hydrogen-bond donors (Lipinski definition) is 1. The molecule has 0 heterocycles. The second kappa shape index (κ2) is 9.43. The van der Waals surface area contributed by atoms with Crippen LogP contribution in [0.15, 0.2) is 0 Å². The van der Waals surface area contributed by atoms with Gasteiger partial charge in [-0.2, -0.15) is 5.26 Å². The van der Waals surface area contributed by atoms with Crippen molar-refractivity contribution in [1.82, 2.24) is 10.2 Å². The lowest BCUT2D eigenvalue weighted by atomic mass is 9.85. The van der Waals surface area contributed by atoms with Crippen LogP contribution in [0.3, 0.4) is 0 Å². The molecule has 21 heavy (non-hydrogen) atoms. The van der Waals surface area contributed by atoms with E-state index in [1.807, 2.05) is 0 Å². The Hall–Kier alpha value is -0.590. The van der Waals surface area contributed by atoms with Gasteiger partial charge in [-0.05, 0) is 64.6 Å². The first kappa shape index (κ1) is 18.5. The molecule has 1 rings (SSSR count). The van der Waals surface area contributed by atoms with E-state index >= 15 is 0 Å². The van der Waals surface area contributed by atoms with Crippen LogP contribution in [0.4, 0.5) is 0 Å². The van der Waals surface area contributed by atoms with Gasteiger partial charge >= 0.3 is 0 Å². The maximum atomic E-state index is 9.53. The Morgan fingerprint density at radius 3 is 2.57 bits per heavy atom. The monoisotopic (exact) mass is 293 g/mol. The highest BCUT2D eigenvalue weighted by Gasteiger charge is 2.28. The van der Waals surface area contributed by atoms with E-state index in [1.54, 1.807) is 0 Å². The average molecular weight is 293 g/mol. The predicted octanol–water partition coefficient (Wildman–Crippen LogP) is 3.95. The number of nitrogens with zero attached hydrogens (tertiary/aromatic N) is 2. The Labute approximate surface area is 132 Å². The van der Waals surface area contributed by atoms with Gasteiger partial charge in [-0.1, -0.05) is 33.6 Å². The summed E-state index contributed by atoms with van der Waals surface area (Å²) in [7, 11) is 2.27. The molecule has 3 heteroatoms. The van der Waals surface area contributed by atoms with Gasteiger partial charge in [0.15, 0.2) is 0 Å². The molecule has 3 nitrogen and oxygen atoms in total. The first-order valence-corrected chi connectivity index (χ1v) is 8.95. The molecule has 0 aromatic rings. The Morgan fingerprint density at radius 2 is 2.00 bits per heavy atom. The summed E-state index contributed by atoms with van der Waals surface area (Å²) in [6.07, 6.45) is 9.57. The topological polar surface area (TPSA) is 39.1 Å². The summed E-state index contributed by atoms with van der Waals surface area (Å²) >= 11 is 0. The second-order valence-corrected chi connectivity index (χ2v) is 6.89. The molecule has 0 aromatic carbocycles. The Kier molecular flexibility index (Phi) is 8.29. The van der Waals surface area contributed by atoms with Crippen LogP contribution >= 0.6 is 0 Å². The molecule has 122 valence electrons. The third-order valence-corrected chi connectivity index (χ3v) is 5.28. The molecule has 1 aliphatic carbocycles. The van der Waals surface area contributed by atoms with Crippen LogP contribution in [0.25, 0.3) is 0 Å². The summed E-state index contributed by atoms with van der Waals surface area (Å²) in [4.78, 5) is 2.54. The molecule has 0 aliphatic heterocycles. The highest BCUT2D eigenvalue weighted by Crippen LogP contribution is 2.28. The highest BCUT2D eigenvalue weighted by atomic mass is 15.1. The smallest absolute Gasteiger partial charge is 0.106 e. The summed E-state index contributed by atoms with van der Waals surface area (Å²) in [5.74, 6) is 0.828. The number of rotatable bonds is 9. The molecule has 1 fully saturated rings. The van der Waals surface area contributed by atoms with Crippen LogP contribution in [0.2, 0.25) is 0 Å². The standard InChI is InChI=1S/C18H35N3/c1-5-13-20-18(6-2,15-19)12-9-14-21(4)17-11-8-7-10-16(17)3/h16-17,20H,5-14H2,1-4H3.